The number of hydrogen-bond donors (Lipinski definition) is 2. The Hall–Kier alpha value is -3.45. The van der Waals surface area contributed by atoms with E-state index in [0.717, 1.165) is 41.2 Å². The second kappa shape index (κ2) is 8.83. The average molecular weight is 463 g/mol. The molecule has 7 nitrogen and oxygen atoms in total. The third-order valence-corrected chi connectivity index (χ3v) is 6.68. The molecule has 0 spiro atoms. The quantitative estimate of drug-likeness (QED) is 0.330. The zero-order chi connectivity index (χ0) is 22.9. The summed E-state index contributed by atoms with van der Waals surface area (Å²) < 4.78 is 1.62. The number of nitrogens with zero attached hydrogens (tertiary/aromatic N) is 3. The summed E-state index contributed by atoms with van der Waals surface area (Å²) in [5.74, 6) is 0. The smallest absolute Gasteiger partial charge is 0.404 e. The van der Waals surface area contributed by atoms with Crippen molar-refractivity contribution in [1.82, 2.24) is 19.9 Å². The van der Waals surface area contributed by atoms with Crippen LogP contribution in [0.2, 0.25) is 5.15 Å². The van der Waals surface area contributed by atoms with Gasteiger partial charge >= 0.3 is 6.09 Å². The third-order valence-electron chi connectivity index (χ3n) is 6.46. The summed E-state index contributed by atoms with van der Waals surface area (Å²) in [4.78, 5) is 33.8. The van der Waals surface area contributed by atoms with Crippen LogP contribution in [0.4, 0.5) is 4.79 Å². The second-order valence-electron chi connectivity index (χ2n) is 8.51. The number of hydrogen-bond acceptors (Lipinski definition) is 4. The van der Waals surface area contributed by atoms with E-state index < -0.39 is 6.09 Å². The summed E-state index contributed by atoms with van der Waals surface area (Å²) in [6, 6.07) is 13.0. The first kappa shape index (κ1) is 21.4. The molecule has 2 heterocycles. The van der Waals surface area contributed by atoms with Crippen LogP contribution in [-0.4, -0.2) is 31.8 Å². The van der Waals surface area contributed by atoms with E-state index in [1.165, 1.54) is 0 Å². The fourth-order valence-electron chi connectivity index (χ4n) is 4.93. The minimum Gasteiger partial charge on any atom is -0.465 e. The Morgan fingerprint density at radius 3 is 2.64 bits per heavy atom. The number of amides is 1. The first-order chi connectivity index (χ1) is 16.0. The molecule has 1 amide bonds. The molecule has 1 aliphatic carbocycles. The van der Waals surface area contributed by atoms with Crippen molar-refractivity contribution < 1.29 is 9.90 Å². The predicted molar refractivity (Wildman–Crippen MR) is 128 cm³/mol. The number of halogens is 1. The third kappa shape index (κ3) is 4.16. The van der Waals surface area contributed by atoms with Gasteiger partial charge in [-0.15, -0.1) is 0 Å². The van der Waals surface area contributed by atoms with Crippen LogP contribution in [-0.2, 0) is 6.42 Å². The van der Waals surface area contributed by atoms with Gasteiger partial charge < -0.3 is 10.4 Å². The van der Waals surface area contributed by atoms with Crippen LogP contribution in [0.15, 0.2) is 59.8 Å². The van der Waals surface area contributed by atoms with E-state index in [2.05, 4.69) is 15.3 Å². The summed E-state index contributed by atoms with van der Waals surface area (Å²) in [7, 11) is 0. The highest BCUT2D eigenvalue weighted by Gasteiger charge is 2.29. The van der Waals surface area contributed by atoms with Gasteiger partial charge in [-0.2, -0.15) is 0 Å². The van der Waals surface area contributed by atoms with E-state index in [1.807, 2.05) is 36.4 Å². The highest BCUT2D eigenvalue weighted by atomic mass is 35.5. The number of aromatic nitrogens is 3. The lowest BCUT2D eigenvalue weighted by Gasteiger charge is -2.32. The van der Waals surface area contributed by atoms with Crippen molar-refractivity contribution in [3.63, 3.8) is 0 Å². The van der Waals surface area contributed by atoms with Crippen LogP contribution in [0.3, 0.4) is 0 Å². The Morgan fingerprint density at radius 1 is 1.09 bits per heavy atom. The summed E-state index contributed by atoms with van der Waals surface area (Å²) >= 11 is 5.94. The lowest BCUT2D eigenvalue weighted by atomic mass is 9.90. The van der Waals surface area contributed by atoms with Gasteiger partial charge in [0.2, 0.25) is 0 Å². The maximum atomic E-state index is 13.7. The molecular weight excluding hydrogens is 440 g/mol. The minimum absolute atomic E-state index is 0.148. The molecule has 0 aliphatic heterocycles. The molecule has 0 radical (unpaired) electrons. The van der Waals surface area contributed by atoms with Crippen molar-refractivity contribution in [3.8, 4) is 0 Å². The Bertz CT molecular complexity index is 1400. The molecule has 8 heteroatoms. The molecule has 1 aliphatic rings. The van der Waals surface area contributed by atoms with Gasteiger partial charge in [-0.25, -0.2) is 14.8 Å². The average Bonchev–Trinajstić information content (AvgIpc) is 2.81. The van der Waals surface area contributed by atoms with Crippen molar-refractivity contribution in [2.24, 2.45) is 0 Å². The van der Waals surface area contributed by atoms with Gasteiger partial charge in [0.25, 0.3) is 5.56 Å². The van der Waals surface area contributed by atoms with E-state index in [1.54, 1.807) is 23.2 Å². The normalized spacial score (nSPS) is 18.5. The van der Waals surface area contributed by atoms with Gasteiger partial charge in [0.05, 0.1) is 29.3 Å². The van der Waals surface area contributed by atoms with Gasteiger partial charge in [-0.3, -0.25) is 9.36 Å². The van der Waals surface area contributed by atoms with Crippen molar-refractivity contribution >= 4 is 39.4 Å². The van der Waals surface area contributed by atoms with E-state index in [9.17, 15) is 14.7 Å². The van der Waals surface area contributed by atoms with Crippen LogP contribution in [0.25, 0.3) is 21.7 Å². The number of fused-ring (bicyclic) bond motifs is 3. The number of carboxylic acid groups (broad SMARTS) is 1. The molecule has 0 saturated heterocycles. The Morgan fingerprint density at radius 2 is 1.88 bits per heavy atom. The van der Waals surface area contributed by atoms with Crippen LogP contribution >= 0.6 is 11.6 Å². The monoisotopic (exact) mass is 462 g/mol. The summed E-state index contributed by atoms with van der Waals surface area (Å²) in [6.07, 6.45) is 6.16. The molecule has 0 bridgehead atoms. The van der Waals surface area contributed by atoms with E-state index in [4.69, 9.17) is 11.6 Å². The van der Waals surface area contributed by atoms with Gasteiger partial charge in [0.1, 0.15) is 5.15 Å². The zero-order valence-electron chi connectivity index (χ0n) is 17.9. The number of benzene rings is 2. The topological polar surface area (TPSA) is 97.1 Å². The Labute approximate surface area is 195 Å². The predicted octanol–water partition coefficient (Wildman–Crippen LogP) is 4.94. The molecule has 1 saturated carbocycles. The Kier molecular flexibility index (Phi) is 5.72. The molecule has 1 fully saturated rings. The summed E-state index contributed by atoms with van der Waals surface area (Å²) in [6.45, 7) is 0. The molecule has 5 rings (SSSR count). The lowest BCUT2D eigenvalue weighted by molar-refractivity contribution is 0.175. The van der Waals surface area contributed by atoms with Crippen molar-refractivity contribution in [2.75, 3.05) is 0 Å². The van der Waals surface area contributed by atoms with Crippen molar-refractivity contribution in [3.05, 3.63) is 81.6 Å². The van der Waals surface area contributed by atoms with Crippen LogP contribution in [0.5, 0.6) is 0 Å². The van der Waals surface area contributed by atoms with Crippen molar-refractivity contribution in [2.45, 2.75) is 44.2 Å². The SMILES string of the molecule is O=C(O)N[C@H]1CCCC[C@@H]1n1cnc2c(cc(Cc3ccc(Cl)nc3)c3ccccc32)c1=O. The highest BCUT2D eigenvalue weighted by molar-refractivity contribution is 6.29. The molecule has 2 aromatic heterocycles. The van der Waals surface area contributed by atoms with Gasteiger partial charge in [0, 0.05) is 11.6 Å². The largest absolute Gasteiger partial charge is 0.465 e. The number of pyridine rings is 1. The van der Waals surface area contributed by atoms with Gasteiger partial charge in [-0.05, 0) is 47.9 Å². The summed E-state index contributed by atoms with van der Waals surface area (Å²) in [5.41, 5.74) is 2.50. The molecule has 2 atom stereocenters. The Balaban J connectivity index is 1.66. The number of nitrogens with one attached hydrogen (secondary N) is 1. The maximum absolute atomic E-state index is 13.7. The molecule has 168 valence electrons. The minimum atomic E-state index is -1.07. The van der Waals surface area contributed by atoms with Crippen LogP contribution in [0.1, 0.15) is 42.9 Å². The lowest BCUT2D eigenvalue weighted by Crippen LogP contribution is -2.45. The summed E-state index contributed by atoms with van der Waals surface area (Å²) in [5, 5.41) is 14.8. The second-order valence-corrected chi connectivity index (χ2v) is 8.90. The first-order valence-electron chi connectivity index (χ1n) is 11.0. The van der Waals surface area contributed by atoms with E-state index in [-0.39, 0.29) is 17.6 Å². The van der Waals surface area contributed by atoms with E-state index >= 15 is 0 Å². The fourth-order valence-corrected chi connectivity index (χ4v) is 5.05. The van der Waals surface area contributed by atoms with E-state index in [0.29, 0.717) is 28.9 Å². The van der Waals surface area contributed by atoms with Crippen molar-refractivity contribution in [1.29, 1.82) is 0 Å². The zero-order valence-corrected chi connectivity index (χ0v) is 18.6. The molecule has 4 aromatic rings. The maximum Gasteiger partial charge on any atom is 0.404 e. The van der Waals surface area contributed by atoms with Gasteiger partial charge in [-0.1, -0.05) is 54.8 Å². The van der Waals surface area contributed by atoms with Gasteiger partial charge in [0.15, 0.2) is 0 Å². The molecule has 0 unspecified atom stereocenters. The fraction of sp³-hybridized carbons (Fsp3) is 0.280. The number of rotatable bonds is 4. The van der Waals surface area contributed by atoms with Crippen LogP contribution < -0.4 is 10.9 Å². The number of carbonyl (C=O) groups is 1. The standard InChI is InChI=1S/C25H23ClN4O3/c26-22-10-9-15(13-27-22)11-16-12-19-23(18-6-2-1-5-17(16)18)28-14-30(24(19)31)21-8-4-3-7-20(21)29-25(32)33/h1-2,5-6,9-10,12-14,20-21,29H,3-4,7-8,11H2,(H,32,33)/t20-,21-/m0/s1. The molecule has 2 aromatic carbocycles. The highest BCUT2D eigenvalue weighted by Crippen LogP contribution is 2.30. The first-order valence-corrected chi connectivity index (χ1v) is 11.4. The molecular formula is C25H23ClN4O3. The molecule has 2 N–H and O–H groups in total. The van der Waals surface area contributed by atoms with Crippen LogP contribution in [0, 0.1) is 0 Å². The molecule has 33 heavy (non-hydrogen) atoms.